The van der Waals surface area contributed by atoms with Gasteiger partial charge in [0.25, 0.3) is 0 Å². The molecule has 1 aromatic heterocycles. The zero-order chi connectivity index (χ0) is 16.1. The van der Waals surface area contributed by atoms with Crippen LogP contribution in [0.2, 0.25) is 0 Å². The van der Waals surface area contributed by atoms with E-state index >= 15 is 0 Å². The molecule has 0 bridgehead atoms. The predicted molar refractivity (Wildman–Crippen MR) is 75.9 cm³/mol. The summed E-state index contributed by atoms with van der Waals surface area (Å²) in [4.78, 5) is 11.7. The molecule has 1 aromatic carbocycles. The Hall–Kier alpha value is -2.28. The standard InChI is InChI=1S/C15H17F2N3O2/c1-10-7-19-20(9-10)6-5-14(22)18-8-13(21)15-11(16)3-2-4-12(15)17/h2-4,7,9,13,21H,5-6,8H2,1H3,(H,18,22). The third-order valence-corrected chi connectivity index (χ3v) is 3.16. The van der Waals surface area contributed by atoms with Crippen LogP contribution in [0.25, 0.3) is 0 Å². The van der Waals surface area contributed by atoms with E-state index in [2.05, 4.69) is 10.4 Å². The van der Waals surface area contributed by atoms with Crippen LogP contribution in [-0.2, 0) is 11.3 Å². The summed E-state index contributed by atoms with van der Waals surface area (Å²) in [5.41, 5.74) is 0.552. The maximum Gasteiger partial charge on any atom is 0.221 e. The van der Waals surface area contributed by atoms with Gasteiger partial charge in [0.15, 0.2) is 0 Å². The number of amides is 1. The molecule has 0 radical (unpaired) electrons. The minimum atomic E-state index is -1.43. The molecule has 2 aromatic rings. The van der Waals surface area contributed by atoms with Gasteiger partial charge in [0, 0.05) is 25.7 Å². The summed E-state index contributed by atoms with van der Waals surface area (Å²) < 4.78 is 28.6. The topological polar surface area (TPSA) is 67.2 Å². The molecule has 0 saturated carbocycles. The second-order valence-electron chi connectivity index (χ2n) is 4.99. The minimum Gasteiger partial charge on any atom is -0.386 e. The molecular weight excluding hydrogens is 292 g/mol. The number of carbonyl (C=O) groups excluding carboxylic acids is 1. The summed E-state index contributed by atoms with van der Waals surface area (Å²) in [7, 11) is 0. The van der Waals surface area contributed by atoms with Gasteiger partial charge in [-0.05, 0) is 24.6 Å². The highest BCUT2D eigenvalue weighted by Crippen LogP contribution is 2.19. The second kappa shape index (κ2) is 7.13. The van der Waals surface area contributed by atoms with Crippen LogP contribution in [0.15, 0.2) is 30.6 Å². The van der Waals surface area contributed by atoms with Crippen LogP contribution in [0.4, 0.5) is 8.78 Å². The first kappa shape index (κ1) is 16.1. The molecule has 2 rings (SSSR count). The Balaban J connectivity index is 1.83. The summed E-state index contributed by atoms with van der Waals surface area (Å²) in [5, 5.41) is 16.3. The maximum atomic E-state index is 13.5. The number of aliphatic hydroxyl groups is 1. The monoisotopic (exact) mass is 309 g/mol. The molecule has 1 unspecified atom stereocenters. The Morgan fingerprint density at radius 2 is 2.09 bits per heavy atom. The van der Waals surface area contributed by atoms with Crippen LogP contribution < -0.4 is 5.32 Å². The number of nitrogens with one attached hydrogen (secondary N) is 1. The van der Waals surface area contributed by atoms with Gasteiger partial charge in [-0.1, -0.05) is 6.07 Å². The maximum absolute atomic E-state index is 13.5. The number of benzene rings is 1. The van der Waals surface area contributed by atoms with E-state index < -0.39 is 23.3 Å². The first-order chi connectivity index (χ1) is 10.5. The van der Waals surface area contributed by atoms with Crippen molar-refractivity contribution >= 4 is 5.91 Å². The molecule has 0 spiro atoms. The van der Waals surface area contributed by atoms with Gasteiger partial charge < -0.3 is 10.4 Å². The molecule has 5 nitrogen and oxygen atoms in total. The lowest BCUT2D eigenvalue weighted by Gasteiger charge is -2.14. The van der Waals surface area contributed by atoms with Crippen LogP contribution in [0.3, 0.4) is 0 Å². The van der Waals surface area contributed by atoms with E-state index in [9.17, 15) is 18.7 Å². The number of rotatable bonds is 6. The lowest BCUT2D eigenvalue weighted by atomic mass is 10.1. The molecule has 1 amide bonds. The van der Waals surface area contributed by atoms with Crippen LogP contribution >= 0.6 is 0 Å². The molecule has 0 aliphatic carbocycles. The third-order valence-electron chi connectivity index (χ3n) is 3.16. The van der Waals surface area contributed by atoms with Gasteiger partial charge in [0.05, 0.1) is 11.8 Å². The van der Waals surface area contributed by atoms with Gasteiger partial charge in [-0.2, -0.15) is 5.10 Å². The molecular formula is C15H17F2N3O2. The highest BCUT2D eigenvalue weighted by atomic mass is 19.1. The molecule has 0 fully saturated rings. The summed E-state index contributed by atoms with van der Waals surface area (Å²) in [5.74, 6) is -2.01. The van der Waals surface area contributed by atoms with Crippen molar-refractivity contribution in [2.24, 2.45) is 0 Å². The number of aromatic nitrogens is 2. The molecule has 0 aliphatic heterocycles. The molecule has 1 heterocycles. The molecule has 7 heteroatoms. The first-order valence-corrected chi connectivity index (χ1v) is 6.85. The molecule has 1 atom stereocenters. The van der Waals surface area contributed by atoms with Crippen molar-refractivity contribution < 1.29 is 18.7 Å². The van der Waals surface area contributed by atoms with Crippen LogP contribution in [0, 0.1) is 18.6 Å². The Bertz CT molecular complexity index is 638. The molecule has 0 aliphatic rings. The minimum absolute atomic E-state index is 0.160. The average Bonchev–Trinajstić information content (AvgIpc) is 2.88. The van der Waals surface area contributed by atoms with Crippen molar-refractivity contribution in [3.63, 3.8) is 0 Å². The first-order valence-electron chi connectivity index (χ1n) is 6.85. The van der Waals surface area contributed by atoms with Crippen molar-refractivity contribution in [1.82, 2.24) is 15.1 Å². The van der Waals surface area contributed by atoms with E-state index in [0.717, 1.165) is 17.7 Å². The molecule has 0 saturated heterocycles. The number of halogens is 2. The summed E-state index contributed by atoms with van der Waals surface area (Å²) >= 11 is 0. The van der Waals surface area contributed by atoms with E-state index in [-0.39, 0.29) is 18.9 Å². The smallest absolute Gasteiger partial charge is 0.221 e. The number of aryl methyl sites for hydroxylation is 2. The van der Waals surface area contributed by atoms with Gasteiger partial charge >= 0.3 is 0 Å². The second-order valence-corrected chi connectivity index (χ2v) is 4.99. The lowest BCUT2D eigenvalue weighted by Crippen LogP contribution is -2.29. The van der Waals surface area contributed by atoms with E-state index in [1.807, 2.05) is 6.92 Å². The number of aliphatic hydroxyl groups excluding tert-OH is 1. The van der Waals surface area contributed by atoms with Gasteiger partial charge in [0.1, 0.15) is 17.7 Å². The van der Waals surface area contributed by atoms with Crippen molar-refractivity contribution in [3.05, 3.63) is 53.4 Å². The zero-order valence-corrected chi connectivity index (χ0v) is 12.1. The van der Waals surface area contributed by atoms with Gasteiger partial charge in [-0.15, -0.1) is 0 Å². The van der Waals surface area contributed by atoms with Crippen molar-refractivity contribution in [2.45, 2.75) is 26.0 Å². The fourth-order valence-corrected chi connectivity index (χ4v) is 2.04. The van der Waals surface area contributed by atoms with Crippen molar-refractivity contribution in [1.29, 1.82) is 0 Å². The molecule has 22 heavy (non-hydrogen) atoms. The SMILES string of the molecule is Cc1cnn(CCC(=O)NCC(O)c2c(F)cccc2F)c1. The normalized spacial score (nSPS) is 12.2. The lowest BCUT2D eigenvalue weighted by molar-refractivity contribution is -0.121. The average molecular weight is 309 g/mol. The fourth-order valence-electron chi connectivity index (χ4n) is 2.04. The Morgan fingerprint density at radius 3 is 2.68 bits per heavy atom. The summed E-state index contributed by atoms with van der Waals surface area (Å²) in [6, 6.07) is 3.33. The van der Waals surface area contributed by atoms with Crippen LogP contribution in [0.1, 0.15) is 23.7 Å². The number of hydrogen-bond acceptors (Lipinski definition) is 3. The van der Waals surface area contributed by atoms with Crippen LogP contribution in [-0.4, -0.2) is 27.3 Å². The Morgan fingerprint density at radius 1 is 1.41 bits per heavy atom. The largest absolute Gasteiger partial charge is 0.386 e. The van der Waals surface area contributed by atoms with E-state index in [0.29, 0.717) is 6.54 Å². The highest BCUT2D eigenvalue weighted by molar-refractivity contribution is 5.75. The number of carbonyl (C=O) groups is 1. The number of nitrogens with zero attached hydrogens (tertiary/aromatic N) is 2. The predicted octanol–water partition coefficient (Wildman–Crippen LogP) is 1.71. The fraction of sp³-hybridized carbons (Fsp3) is 0.333. The van der Waals surface area contributed by atoms with Crippen molar-refractivity contribution in [2.75, 3.05) is 6.54 Å². The van der Waals surface area contributed by atoms with Crippen LogP contribution in [0.5, 0.6) is 0 Å². The summed E-state index contributed by atoms with van der Waals surface area (Å²) in [6.07, 6.45) is 2.21. The highest BCUT2D eigenvalue weighted by Gasteiger charge is 2.18. The van der Waals surface area contributed by atoms with E-state index in [1.54, 1.807) is 17.1 Å². The van der Waals surface area contributed by atoms with Gasteiger partial charge in [0.2, 0.25) is 5.91 Å². The molecule has 118 valence electrons. The van der Waals surface area contributed by atoms with Crippen molar-refractivity contribution in [3.8, 4) is 0 Å². The van der Waals surface area contributed by atoms with Gasteiger partial charge in [-0.25, -0.2) is 8.78 Å². The third kappa shape index (κ3) is 4.11. The van der Waals surface area contributed by atoms with Gasteiger partial charge in [-0.3, -0.25) is 9.48 Å². The summed E-state index contributed by atoms with van der Waals surface area (Å²) in [6.45, 7) is 2.03. The zero-order valence-electron chi connectivity index (χ0n) is 12.1. The molecule has 2 N–H and O–H groups in total. The van der Waals surface area contributed by atoms with E-state index in [1.165, 1.54) is 6.07 Å². The van der Waals surface area contributed by atoms with E-state index in [4.69, 9.17) is 0 Å². The Labute approximate surface area is 126 Å². The number of hydrogen-bond donors (Lipinski definition) is 2. The Kier molecular flexibility index (Phi) is 5.21. The quantitative estimate of drug-likeness (QED) is 0.853.